The zero-order valence-corrected chi connectivity index (χ0v) is 19.2. The van der Waals surface area contributed by atoms with Gasteiger partial charge in [-0.05, 0) is 43.2 Å². The molecule has 1 atom stereocenters. The molecule has 0 bridgehead atoms. The first-order valence-electron chi connectivity index (χ1n) is 10.5. The van der Waals surface area contributed by atoms with Gasteiger partial charge in [0, 0.05) is 6.54 Å². The standard InChI is InChI=1S/C23H24F3N3O6/c1-4-35-16-8-6-5-7-15(16)19(30)27-22(23(24,25)26)20(31)29(21(32)28-22)12-11-14-9-10-17(33-2)18(13-14)34-3/h5-10,13H,4,11-12H2,1-3H3,(H,27,30)(H,28,32). The normalized spacial score (nSPS) is 17.7. The number of para-hydroxylation sites is 1. The molecule has 12 heteroatoms. The van der Waals surface area contributed by atoms with Crippen molar-refractivity contribution in [2.24, 2.45) is 0 Å². The number of carbonyl (C=O) groups is 3. The van der Waals surface area contributed by atoms with E-state index in [0.29, 0.717) is 22.0 Å². The number of urea groups is 1. The summed E-state index contributed by atoms with van der Waals surface area (Å²) in [4.78, 5) is 38.6. The molecule has 2 N–H and O–H groups in total. The largest absolute Gasteiger partial charge is 0.493 e. The Hall–Kier alpha value is -3.96. The molecule has 0 radical (unpaired) electrons. The van der Waals surface area contributed by atoms with Gasteiger partial charge in [0.1, 0.15) is 5.75 Å². The van der Waals surface area contributed by atoms with Crippen molar-refractivity contribution >= 4 is 17.8 Å². The molecular formula is C23H24F3N3O6. The summed E-state index contributed by atoms with van der Waals surface area (Å²) in [7, 11) is 2.87. The minimum absolute atomic E-state index is 0.0342. The van der Waals surface area contributed by atoms with Crippen molar-refractivity contribution in [1.29, 1.82) is 0 Å². The lowest BCUT2D eigenvalue weighted by atomic mass is 10.1. The van der Waals surface area contributed by atoms with Crippen LogP contribution in [0.2, 0.25) is 0 Å². The van der Waals surface area contributed by atoms with Crippen molar-refractivity contribution in [3.63, 3.8) is 0 Å². The summed E-state index contributed by atoms with van der Waals surface area (Å²) < 4.78 is 58.0. The SMILES string of the molecule is CCOc1ccccc1C(=O)NC1(C(F)(F)F)NC(=O)N(CCc2ccc(OC)c(OC)c2)C1=O. The molecule has 9 nitrogen and oxygen atoms in total. The summed E-state index contributed by atoms with van der Waals surface area (Å²) in [5, 5.41) is 3.32. The molecule has 1 fully saturated rings. The lowest BCUT2D eigenvalue weighted by molar-refractivity contribution is -0.200. The molecule has 1 heterocycles. The molecule has 4 amide bonds. The van der Waals surface area contributed by atoms with Crippen LogP contribution >= 0.6 is 0 Å². The van der Waals surface area contributed by atoms with Gasteiger partial charge in [-0.1, -0.05) is 18.2 Å². The van der Waals surface area contributed by atoms with Gasteiger partial charge >= 0.3 is 12.2 Å². The number of hydrogen-bond acceptors (Lipinski definition) is 6. The third-order valence-electron chi connectivity index (χ3n) is 5.34. The molecule has 1 aliphatic heterocycles. The number of ether oxygens (including phenoxy) is 3. The molecular weight excluding hydrogens is 471 g/mol. The maximum Gasteiger partial charge on any atom is 0.440 e. The van der Waals surface area contributed by atoms with Crippen molar-refractivity contribution in [3.05, 3.63) is 53.6 Å². The van der Waals surface area contributed by atoms with Crippen LogP contribution < -0.4 is 24.8 Å². The summed E-state index contributed by atoms with van der Waals surface area (Å²) in [5.41, 5.74) is -3.26. The number of methoxy groups -OCH3 is 2. The summed E-state index contributed by atoms with van der Waals surface area (Å²) in [6.07, 6.45) is -5.29. The van der Waals surface area contributed by atoms with E-state index in [-0.39, 0.29) is 30.9 Å². The molecule has 0 saturated carbocycles. The quantitative estimate of drug-likeness (QED) is 0.519. The Labute approximate surface area is 199 Å². The number of halogens is 3. The zero-order chi connectivity index (χ0) is 25.8. The number of imide groups is 1. The van der Waals surface area contributed by atoms with E-state index in [1.54, 1.807) is 41.8 Å². The van der Waals surface area contributed by atoms with E-state index in [9.17, 15) is 27.6 Å². The van der Waals surface area contributed by atoms with Crippen LogP contribution in [0, 0.1) is 0 Å². The first-order valence-corrected chi connectivity index (χ1v) is 10.5. The Morgan fingerprint density at radius 3 is 2.37 bits per heavy atom. The highest BCUT2D eigenvalue weighted by atomic mass is 19.4. The average Bonchev–Trinajstić information content (AvgIpc) is 3.07. The Morgan fingerprint density at radius 1 is 1.06 bits per heavy atom. The van der Waals surface area contributed by atoms with Crippen molar-refractivity contribution in [3.8, 4) is 17.2 Å². The van der Waals surface area contributed by atoms with Gasteiger partial charge in [0.2, 0.25) is 0 Å². The van der Waals surface area contributed by atoms with Crippen LogP contribution in [0.4, 0.5) is 18.0 Å². The van der Waals surface area contributed by atoms with Crippen LogP contribution in [0.3, 0.4) is 0 Å². The van der Waals surface area contributed by atoms with E-state index in [0.717, 1.165) is 0 Å². The fourth-order valence-corrected chi connectivity index (χ4v) is 3.58. The maximum atomic E-state index is 14.1. The van der Waals surface area contributed by atoms with Crippen molar-refractivity contribution < 1.29 is 41.8 Å². The van der Waals surface area contributed by atoms with E-state index >= 15 is 0 Å². The van der Waals surface area contributed by atoms with E-state index in [4.69, 9.17) is 14.2 Å². The summed E-state index contributed by atoms with van der Waals surface area (Å²) >= 11 is 0. The van der Waals surface area contributed by atoms with Crippen LogP contribution in [0.5, 0.6) is 17.2 Å². The molecule has 0 aliphatic carbocycles. The van der Waals surface area contributed by atoms with Gasteiger partial charge in [-0.15, -0.1) is 0 Å². The molecule has 1 aliphatic rings. The monoisotopic (exact) mass is 495 g/mol. The van der Waals surface area contributed by atoms with E-state index in [2.05, 4.69) is 0 Å². The number of hydrogen-bond donors (Lipinski definition) is 2. The van der Waals surface area contributed by atoms with Gasteiger partial charge in [0.25, 0.3) is 17.5 Å². The molecule has 2 aromatic rings. The fraction of sp³-hybridized carbons (Fsp3) is 0.348. The minimum Gasteiger partial charge on any atom is -0.493 e. The number of benzene rings is 2. The summed E-state index contributed by atoms with van der Waals surface area (Å²) in [5.74, 6) is -2.02. The van der Waals surface area contributed by atoms with Crippen LogP contribution in [0.1, 0.15) is 22.8 Å². The Kier molecular flexibility index (Phi) is 7.42. The lowest BCUT2D eigenvalue weighted by Gasteiger charge is -2.30. The predicted octanol–water partition coefficient (Wildman–Crippen LogP) is 2.89. The topological polar surface area (TPSA) is 106 Å². The van der Waals surface area contributed by atoms with Crippen LogP contribution in [0.15, 0.2) is 42.5 Å². The van der Waals surface area contributed by atoms with Gasteiger partial charge in [-0.2, -0.15) is 13.2 Å². The fourth-order valence-electron chi connectivity index (χ4n) is 3.58. The summed E-state index contributed by atoms with van der Waals surface area (Å²) in [6, 6.07) is 9.15. The third-order valence-corrected chi connectivity index (χ3v) is 5.34. The second kappa shape index (κ2) is 10.1. The molecule has 1 unspecified atom stereocenters. The predicted molar refractivity (Wildman–Crippen MR) is 117 cm³/mol. The van der Waals surface area contributed by atoms with Gasteiger partial charge in [0.15, 0.2) is 11.5 Å². The molecule has 2 aromatic carbocycles. The van der Waals surface area contributed by atoms with Crippen LogP contribution in [-0.4, -0.2) is 62.0 Å². The van der Waals surface area contributed by atoms with Gasteiger partial charge in [-0.25, -0.2) is 4.79 Å². The first kappa shape index (κ1) is 25.7. The Balaban J connectivity index is 1.85. The number of carbonyl (C=O) groups excluding carboxylic acids is 3. The molecule has 188 valence electrons. The molecule has 35 heavy (non-hydrogen) atoms. The van der Waals surface area contributed by atoms with Crippen LogP contribution in [0.25, 0.3) is 0 Å². The Morgan fingerprint density at radius 2 is 1.74 bits per heavy atom. The van der Waals surface area contributed by atoms with Crippen molar-refractivity contribution in [2.75, 3.05) is 27.4 Å². The van der Waals surface area contributed by atoms with E-state index < -0.39 is 29.7 Å². The highest BCUT2D eigenvalue weighted by Gasteiger charge is 2.68. The number of amides is 4. The number of alkyl halides is 3. The maximum absolute atomic E-state index is 14.1. The number of nitrogens with zero attached hydrogens (tertiary/aromatic N) is 1. The van der Waals surface area contributed by atoms with E-state index in [1.807, 2.05) is 0 Å². The highest BCUT2D eigenvalue weighted by molar-refractivity contribution is 6.10. The lowest BCUT2D eigenvalue weighted by Crippen LogP contribution is -2.69. The van der Waals surface area contributed by atoms with Gasteiger partial charge in [0.05, 0.1) is 26.4 Å². The zero-order valence-electron chi connectivity index (χ0n) is 19.2. The average molecular weight is 495 g/mol. The molecule has 1 saturated heterocycles. The van der Waals surface area contributed by atoms with E-state index in [1.165, 1.54) is 32.4 Å². The highest BCUT2D eigenvalue weighted by Crippen LogP contribution is 2.35. The third kappa shape index (κ3) is 4.96. The van der Waals surface area contributed by atoms with Gasteiger partial charge in [-0.3, -0.25) is 19.8 Å². The van der Waals surface area contributed by atoms with Crippen LogP contribution in [-0.2, 0) is 11.2 Å². The van der Waals surface area contributed by atoms with Crippen molar-refractivity contribution in [1.82, 2.24) is 15.5 Å². The summed E-state index contributed by atoms with van der Waals surface area (Å²) in [6.45, 7) is 1.43. The number of nitrogens with one attached hydrogen (secondary N) is 2. The minimum atomic E-state index is -5.33. The molecule has 3 rings (SSSR count). The Bertz CT molecular complexity index is 1120. The smallest absolute Gasteiger partial charge is 0.440 e. The number of rotatable bonds is 9. The first-order chi connectivity index (χ1) is 16.6. The molecule has 0 spiro atoms. The second-order valence-corrected chi connectivity index (χ2v) is 7.46. The van der Waals surface area contributed by atoms with Crippen molar-refractivity contribution in [2.45, 2.75) is 25.2 Å². The van der Waals surface area contributed by atoms with Gasteiger partial charge < -0.3 is 19.5 Å². The second-order valence-electron chi connectivity index (χ2n) is 7.46. The molecule has 0 aromatic heterocycles.